The third-order valence-electron chi connectivity index (χ3n) is 3.88. The molecule has 3 heteroatoms. The molecule has 0 bridgehead atoms. The molecule has 3 nitrogen and oxygen atoms in total. The van der Waals surface area contributed by atoms with Crippen molar-refractivity contribution in [2.45, 2.75) is 0 Å². The van der Waals surface area contributed by atoms with Gasteiger partial charge in [0.1, 0.15) is 0 Å². The molecule has 124 valence electrons. The summed E-state index contributed by atoms with van der Waals surface area (Å²) in [6, 6.07) is 21.9. The number of hydrogen-bond donors (Lipinski definition) is 1. The molecule has 0 aliphatic rings. The Balaban J connectivity index is 1.75. The van der Waals surface area contributed by atoms with Crippen LogP contribution in [0.5, 0.6) is 11.5 Å². The third kappa shape index (κ3) is 3.96. The fourth-order valence-corrected chi connectivity index (χ4v) is 2.49. The zero-order valence-electron chi connectivity index (χ0n) is 13.8. The summed E-state index contributed by atoms with van der Waals surface area (Å²) in [5.74, 6) is 0.564. The maximum absolute atomic E-state index is 12.4. The minimum absolute atomic E-state index is 0.0133. The van der Waals surface area contributed by atoms with E-state index in [0.717, 1.165) is 11.1 Å². The quantitative estimate of drug-likeness (QED) is 0.540. The molecule has 0 aromatic heterocycles. The largest absolute Gasteiger partial charge is 0.504 e. The van der Waals surface area contributed by atoms with Crippen LogP contribution in [0.15, 0.2) is 72.8 Å². The first-order valence-corrected chi connectivity index (χ1v) is 7.92. The second-order valence-electron chi connectivity index (χ2n) is 5.58. The number of hydrogen-bond acceptors (Lipinski definition) is 3. The second kappa shape index (κ2) is 7.49. The van der Waals surface area contributed by atoms with Crippen LogP contribution in [0.2, 0.25) is 0 Å². The Morgan fingerprint density at radius 1 is 0.840 bits per heavy atom. The molecule has 0 fully saturated rings. The fraction of sp³-hybridized carbons (Fsp3) is 0.0455. The molecule has 3 aromatic rings. The molecule has 25 heavy (non-hydrogen) atoms. The van der Waals surface area contributed by atoms with Crippen molar-refractivity contribution in [1.29, 1.82) is 0 Å². The van der Waals surface area contributed by atoms with E-state index in [4.69, 9.17) is 4.74 Å². The van der Waals surface area contributed by atoms with Gasteiger partial charge in [-0.15, -0.1) is 0 Å². The highest BCUT2D eigenvalue weighted by Crippen LogP contribution is 2.27. The molecular formula is C22H18O3. The lowest BCUT2D eigenvalue weighted by Crippen LogP contribution is -2.00. The summed E-state index contributed by atoms with van der Waals surface area (Å²) in [6.45, 7) is 0. The zero-order valence-corrected chi connectivity index (χ0v) is 13.8. The van der Waals surface area contributed by atoms with E-state index in [2.05, 4.69) is 0 Å². The molecule has 0 radical (unpaired) electrons. The van der Waals surface area contributed by atoms with Crippen LogP contribution in [0, 0.1) is 0 Å². The average Bonchev–Trinajstić information content (AvgIpc) is 2.68. The van der Waals surface area contributed by atoms with E-state index in [0.29, 0.717) is 16.9 Å². The smallest absolute Gasteiger partial charge is 0.193 e. The number of aromatic hydroxyl groups is 1. The van der Waals surface area contributed by atoms with Gasteiger partial charge >= 0.3 is 0 Å². The molecule has 3 rings (SSSR count). The monoisotopic (exact) mass is 330 g/mol. The lowest BCUT2D eigenvalue weighted by molar-refractivity contribution is 0.103. The van der Waals surface area contributed by atoms with Crippen LogP contribution in [-0.2, 0) is 0 Å². The van der Waals surface area contributed by atoms with Crippen LogP contribution in [0.1, 0.15) is 27.0 Å². The second-order valence-corrected chi connectivity index (χ2v) is 5.58. The molecule has 0 aliphatic carbocycles. The van der Waals surface area contributed by atoms with Crippen molar-refractivity contribution < 1.29 is 14.6 Å². The maximum Gasteiger partial charge on any atom is 0.193 e. The van der Waals surface area contributed by atoms with Gasteiger partial charge in [0.2, 0.25) is 0 Å². The number of carbonyl (C=O) groups is 1. The Hall–Kier alpha value is -3.33. The number of phenols is 1. The van der Waals surface area contributed by atoms with Crippen molar-refractivity contribution in [1.82, 2.24) is 0 Å². The lowest BCUT2D eigenvalue weighted by atomic mass is 10.0. The number of methoxy groups -OCH3 is 1. The molecule has 0 atom stereocenters. The predicted octanol–water partition coefficient (Wildman–Crippen LogP) is 4.80. The fourth-order valence-electron chi connectivity index (χ4n) is 2.49. The van der Waals surface area contributed by atoms with Gasteiger partial charge in [0, 0.05) is 11.1 Å². The SMILES string of the molecule is COc1cc(C=Cc2ccc(C(=O)c3ccccc3)cc2)ccc1O. The van der Waals surface area contributed by atoms with Gasteiger partial charge < -0.3 is 9.84 Å². The Bertz CT molecular complexity index is 894. The first kappa shape index (κ1) is 16.5. The summed E-state index contributed by atoms with van der Waals surface area (Å²) >= 11 is 0. The van der Waals surface area contributed by atoms with Gasteiger partial charge in [-0.05, 0) is 23.3 Å². The van der Waals surface area contributed by atoms with Gasteiger partial charge in [-0.1, -0.05) is 72.8 Å². The minimum atomic E-state index is 0.0133. The van der Waals surface area contributed by atoms with E-state index in [1.54, 1.807) is 12.1 Å². The van der Waals surface area contributed by atoms with Crippen LogP contribution in [0.3, 0.4) is 0 Å². The van der Waals surface area contributed by atoms with E-state index in [1.807, 2.05) is 72.8 Å². The Morgan fingerprint density at radius 3 is 2.12 bits per heavy atom. The van der Waals surface area contributed by atoms with E-state index in [1.165, 1.54) is 7.11 Å². The Labute approximate surface area is 146 Å². The Kier molecular flexibility index (Phi) is 4.95. The number of ketones is 1. The van der Waals surface area contributed by atoms with E-state index in [9.17, 15) is 9.90 Å². The molecule has 0 unspecified atom stereocenters. The van der Waals surface area contributed by atoms with Crippen molar-refractivity contribution in [3.05, 3.63) is 95.1 Å². The predicted molar refractivity (Wildman–Crippen MR) is 99.9 cm³/mol. The molecule has 0 spiro atoms. The van der Waals surface area contributed by atoms with E-state index < -0.39 is 0 Å². The third-order valence-corrected chi connectivity index (χ3v) is 3.88. The highest BCUT2D eigenvalue weighted by Gasteiger charge is 2.07. The van der Waals surface area contributed by atoms with Crippen molar-refractivity contribution in [3.8, 4) is 11.5 Å². The summed E-state index contributed by atoms with van der Waals surface area (Å²) in [4.78, 5) is 12.4. The standard InChI is InChI=1S/C22H18O3/c1-25-21-15-17(11-14-20(21)23)8-7-16-9-12-19(13-10-16)22(24)18-5-3-2-4-6-18/h2-15,23H,1H3. The van der Waals surface area contributed by atoms with Gasteiger partial charge in [-0.3, -0.25) is 4.79 Å². The van der Waals surface area contributed by atoms with Crippen molar-refractivity contribution in [2.75, 3.05) is 7.11 Å². The minimum Gasteiger partial charge on any atom is -0.504 e. The molecule has 1 N–H and O–H groups in total. The lowest BCUT2D eigenvalue weighted by Gasteiger charge is -2.04. The average molecular weight is 330 g/mol. The number of carbonyl (C=O) groups excluding carboxylic acids is 1. The van der Waals surface area contributed by atoms with Crippen LogP contribution < -0.4 is 4.74 Å². The van der Waals surface area contributed by atoms with Crippen LogP contribution in [0.4, 0.5) is 0 Å². The van der Waals surface area contributed by atoms with Gasteiger partial charge in [0.25, 0.3) is 0 Å². The molecular weight excluding hydrogens is 312 g/mol. The summed E-state index contributed by atoms with van der Waals surface area (Å²) in [5, 5.41) is 9.62. The molecule has 0 saturated carbocycles. The Morgan fingerprint density at radius 2 is 1.44 bits per heavy atom. The van der Waals surface area contributed by atoms with E-state index in [-0.39, 0.29) is 11.5 Å². The zero-order chi connectivity index (χ0) is 17.6. The molecule has 0 heterocycles. The number of rotatable bonds is 5. The number of ether oxygens (including phenoxy) is 1. The van der Waals surface area contributed by atoms with Gasteiger partial charge in [0.05, 0.1) is 7.11 Å². The van der Waals surface area contributed by atoms with Crippen molar-refractivity contribution in [3.63, 3.8) is 0 Å². The molecule has 3 aromatic carbocycles. The van der Waals surface area contributed by atoms with Gasteiger partial charge in [-0.2, -0.15) is 0 Å². The summed E-state index contributed by atoms with van der Waals surface area (Å²) in [5.41, 5.74) is 3.24. The highest BCUT2D eigenvalue weighted by molar-refractivity contribution is 6.09. The van der Waals surface area contributed by atoms with Gasteiger partial charge in [0.15, 0.2) is 17.3 Å². The van der Waals surface area contributed by atoms with Crippen molar-refractivity contribution >= 4 is 17.9 Å². The van der Waals surface area contributed by atoms with Crippen LogP contribution in [-0.4, -0.2) is 18.0 Å². The topological polar surface area (TPSA) is 46.5 Å². The van der Waals surface area contributed by atoms with Crippen LogP contribution in [0.25, 0.3) is 12.2 Å². The van der Waals surface area contributed by atoms with Crippen LogP contribution >= 0.6 is 0 Å². The van der Waals surface area contributed by atoms with E-state index >= 15 is 0 Å². The molecule has 0 saturated heterocycles. The highest BCUT2D eigenvalue weighted by atomic mass is 16.5. The summed E-state index contributed by atoms with van der Waals surface area (Å²) in [6.07, 6.45) is 3.87. The molecule has 0 amide bonds. The van der Waals surface area contributed by atoms with Crippen molar-refractivity contribution in [2.24, 2.45) is 0 Å². The molecule has 0 aliphatic heterocycles. The first-order chi connectivity index (χ1) is 12.2. The first-order valence-electron chi connectivity index (χ1n) is 7.92. The number of benzene rings is 3. The normalized spacial score (nSPS) is 10.8. The summed E-state index contributed by atoms with van der Waals surface area (Å²) < 4.78 is 5.10. The maximum atomic E-state index is 12.4. The summed E-state index contributed by atoms with van der Waals surface area (Å²) in [7, 11) is 1.52. The van der Waals surface area contributed by atoms with Gasteiger partial charge in [-0.25, -0.2) is 0 Å². The number of phenolic OH excluding ortho intramolecular Hbond substituents is 1.